The average Bonchev–Trinajstić information content (AvgIpc) is 2.89. The SMILES string of the molecule is CCC1CCC(NC(=O)CC(CC(=O)NC2CCC(CC)CC2)C(=O)NC2CCC(CC)CC2)CC1. The fourth-order valence-corrected chi connectivity index (χ4v) is 6.74. The summed E-state index contributed by atoms with van der Waals surface area (Å²) in [5, 5.41) is 9.57. The normalized spacial score (nSPS) is 31.8. The van der Waals surface area contributed by atoms with Gasteiger partial charge in [0.05, 0.1) is 5.92 Å². The van der Waals surface area contributed by atoms with Crippen molar-refractivity contribution in [3.8, 4) is 0 Å². The van der Waals surface area contributed by atoms with Crippen molar-refractivity contribution in [2.45, 2.75) is 148 Å². The van der Waals surface area contributed by atoms with Gasteiger partial charge >= 0.3 is 0 Å². The van der Waals surface area contributed by atoms with E-state index in [2.05, 4.69) is 36.7 Å². The van der Waals surface area contributed by atoms with E-state index >= 15 is 0 Å². The zero-order chi connectivity index (χ0) is 25.9. The topological polar surface area (TPSA) is 87.3 Å². The molecule has 0 heterocycles. The molecule has 6 heteroatoms. The maximum absolute atomic E-state index is 13.3. The van der Waals surface area contributed by atoms with Crippen LogP contribution in [-0.4, -0.2) is 35.8 Å². The van der Waals surface area contributed by atoms with Crippen LogP contribution in [0.3, 0.4) is 0 Å². The molecule has 0 aromatic rings. The van der Waals surface area contributed by atoms with Gasteiger partial charge in [-0.1, -0.05) is 40.0 Å². The highest BCUT2D eigenvalue weighted by atomic mass is 16.2. The number of amides is 3. The molecule has 3 amide bonds. The van der Waals surface area contributed by atoms with Crippen molar-refractivity contribution in [1.82, 2.24) is 16.0 Å². The second-order valence-electron chi connectivity index (χ2n) is 12.1. The summed E-state index contributed by atoms with van der Waals surface area (Å²) in [6, 6.07) is 0.578. The second-order valence-corrected chi connectivity index (χ2v) is 12.1. The van der Waals surface area contributed by atoms with Gasteiger partial charge in [-0.15, -0.1) is 0 Å². The second kappa shape index (κ2) is 15.0. The first kappa shape index (κ1) is 29.0. The summed E-state index contributed by atoms with van der Waals surface area (Å²) in [6.07, 6.45) is 16.8. The van der Waals surface area contributed by atoms with E-state index in [1.807, 2.05) is 0 Å². The van der Waals surface area contributed by atoms with Gasteiger partial charge in [-0.2, -0.15) is 0 Å². The van der Waals surface area contributed by atoms with Gasteiger partial charge in [-0.25, -0.2) is 0 Å². The van der Waals surface area contributed by atoms with E-state index in [9.17, 15) is 14.4 Å². The van der Waals surface area contributed by atoms with E-state index < -0.39 is 5.92 Å². The van der Waals surface area contributed by atoms with E-state index in [0.29, 0.717) is 0 Å². The minimum absolute atomic E-state index is 0.0824. The van der Waals surface area contributed by atoms with Crippen molar-refractivity contribution in [3.63, 3.8) is 0 Å². The Kier molecular flexibility index (Phi) is 12.1. The van der Waals surface area contributed by atoms with Gasteiger partial charge in [0.2, 0.25) is 17.7 Å². The number of carbonyl (C=O) groups is 3. The quantitative estimate of drug-likeness (QED) is 0.341. The molecule has 0 atom stereocenters. The molecule has 0 spiro atoms. The Hall–Kier alpha value is -1.59. The molecule has 6 nitrogen and oxygen atoms in total. The lowest BCUT2D eigenvalue weighted by atomic mass is 9.84. The van der Waals surface area contributed by atoms with Crippen LogP contribution in [0.15, 0.2) is 0 Å². The molecule has 3 aliphatic rings. The third-order valence-electron chi connectivity index (χ3n) is 9.58. The Bertz CT molecular complexity index is 648. The van der Waals surface area contributed by atoms with E-state index in [4.69, 9.17) is 0 Å². The molecule has 3 fully saturated rings. The first-order valence-electron chi connectivity index (χ1n) is 15.3. The summed E-state index contributed by atoms with van der Waals surface area (Å²) < 4.78 is 0. The maximum Gasteiger partial charge on any atom is 0.224 e. The highest BCUT2D eigenvalue weighted by Gasteiger charge is 2.31. The van der Waals surface area contributed by atoms with Gasteiger partial charge in [-0.05, 0) is 94.8 Å². The molecular formula is C30H53N3O3. The maximum atomic E-state index is 13.3. The molecule has 0 saturated heterocycles. The molecule has 206 valence electrons. The van der Waals surface area contributed by atoms with Crippen LogP contribution >= 0.6 is 0 Å². The number of hydrogen-bond acceptors (Lipinski definition) is 3. The third-order valence-corrected chi connectivity index (χ3v) is 9.58. The van der Waals surface area contributed by atoms with Gasteiger partial charge in [0.25, 0.3) is 0 Å². The monoisotopic (exact) mass is 503 g/mol. The minimum atomic E-state index is -0.604. The van der Waals surface area contributed by atoms with Crippen molar-refractivity contribution in [1.29, 1.82) is 0 Å². The molecule has 0 unspecified atom stereocenters. The molecule has 0 bridgehead atoms. The molecular weight excluding hydrogens is 450 g/mol. The van der Waals surface area contributed by atoms with Gasteiger partial charge in [0.1, 0.15) is 0 Å². The number of carbonyl (C=O) groups excluding carboxylic acids is 3. The zero-order valence-electron chi connectivity index (χ0n) is 23.3. The van der Waals surface area contributed by atoms with Crippen LogP contribution in [0.4, 0.5) is 0 Å². The molecule has 3 rings (SSSR count). The number of hydrogen-bond donors (Lipinski definition) is 3. The third kappa shape index (κ3) is 9.37. The van der Waals surface area contributed by atoms with E-state index in [1.165, 1.54) is 19.3 Å². The molecule has 3 aliphatic carbocycles. The van der Waals surface area contributed by atoms with Crippen molar-refractivity contribution >= 4 is 17.7 Å². The summed E-state index contributed by atoms with van der Waals surface area (Å²) in [6.45, 7) is 6.71. The Morgan fingerprint density at radius 1 is 0.528 bits per heavy atom. The van der Waals surface area contributed by atoms with E-state index in [1.54, 1.807) is 0 Å². The van der Waals surface area contributed by atoms with E-state index in [0.717, 1.165) is 94.8 Å². The summed E-state index contributed by atoms with van der Waals surface area (Å²) in [5.74, 6) is 1.42. The largest absolute Gasteiger partial charge is 0.353 e. The fourth-order valence-electron chi connectivity index (χ4n) is 6.74. The summed E-state index contributed by atoms with van der Waals surface area (Å²) in [5.41, 5.74) is 0. The fraction of sp³-hybridized carbons (Fsp3) is 0.900. The van der Waals surface area contributed by atoms with Crippen molar-refractivity contribution in [2.75, 3.05) is 0 Å². The van der Waals surface area contributed by atoms with Gasteiger partial charge in [0, 0.05) is 31.0 Å². The van der Waals surface area contributed by atoms with Crippen LogP contribution in [-0.2, 0) is 14.4 Å². The minimum Gasteiger partial charge on any atom is -0.353 e. The molecule has 0 aliphatic heterocycles. The summed E-state index contributed by atoms with van der Waals surface area (Å²) in [4.78, 5) is 39.2. The van der Waals surface area contributed by atoms with Crippen LogP contribution < -0.4 is 16.0 Å². The van der Waals surface area contributed by atoms with E-state index in [-0.39, 0.29) is 48.7 Å². The van der Waals surface area contributed by atoms with Crippen LogP contribution in [0.25, 0.3) is 0 Å². The zero-order valence-corrected chi connectivity index (χ0v) is 23.3. The van der Waals surface area contributed by atoms with Gasteiger partial charge in [0.15, 0.2) is 0 Å². The average molecular weight is 504 g/mol. The molecule has 3 saturated carbocycles. The first-order chi connectivity index (χ1) is 17.4. The van der Waals surface area contributed by atoms with Crippen molar-refractivity contribution in [3.05, 3.63) is 0 Å². The highest BCUT2D eigenvalue weighted by Crippen LogP contribution is 2.29. The molecule has 0 aromatic heterocycles. The first-order valence-corrected chi connectivity index (χ1v) is 15.3. The van der Waals surface area contributed by atoms with Crippen LogP contribution in [0, 0.1) is 23.7 Å². The predicted molar refractivity (Wildman–Crippen MR) is 145 cm³/mol. The van der Waals surface area contributed by atoms with Crippen LogP contribution in [0.1, 0.15) is 130 Å². The van der Waals surface area contributed by atoms with Gasteiger partial charge < -0.3 is 16.0 Å². The molecule has 36 heavy (non-hydrogen) atoms. The molecule has 0 aromatic carbocycles. The lowest BCUT2D eigenvalue weighted by Gasteiger charge is -2.31. The smallest absolute Gasteiger partial charge is 0.224 e. The van der Waals surface area contributed by atoms with Crippen LogP contribution in [0.5, 0.6) is 0 Å². The Morgan fingerprint density at radius 2 is 0.833 bits per heavy atom. The number of nitrogens with one attached hydrogen (secondary N) is 3. The van der Waals surface area contributed by atoms with Crippen molar-refractivity contribution in [2.24, 2.45) is 23.7 Å². The summed E-state index contributed by atoms with van der Waals surface area (Å²) >= 11 is 0. The van der Waals surface area contributed by atoms with Crippen molar-refractivity contribution < 1.29 is 14.4 Å². The lowest BCUT2D eigenvalue weighted by molar-refractivity contribution is -0.134. The molecule has 0 radical (unpaired) electrons. The van der Waals surface area contributed by atoms with Crippen LogP contribution in [0.2, 0.25) is 0 Å². The Morgan fingerprint density at radius 3 is 1.14 bits per heavy atom. The highest BCUT2D eigenvalue weighted by molar-refractivity contribution is 5.90. The van der Waals surface area contributed by atoms with Gasteiger partial charge in [-0.3, -0.25) is 14.4 Å². The summed E-state index contributed by atoms with van der Waals surface area (Å²) in [7, 11) is 0. The number of rotatable bonds is 11. The molecule has 3 N–H and O–H groups in total. The Labute approximate surface area is 219 Å². The lowest BCUT2D eigenvalue weighted by Crippen LogP contribution is -2.46. The standard InChI is InChI=1S/C30H53N3O3/c1-4-21-7-13-25(14-8-21)31-28(34)19-24(30(36)33-27-17-11-23(6-3)12-18-27)20-29(35)32-26-15-9-22(5-2)10-16-26/h21-27H,4-20H2,1-3H3,(H,31,34)(H,32,35)(H,33,36). The predicted octanol–water partition coefficient (Wildman–Crippen LogP) is 5.64. The Balaban J connectivity index is 1.53.